The highest BCUT2D eigenvalue weighted by molar-refractivity contribution is 7.89. The van der Waals surface area contributed by atoms with Crippen molar-refractivity contribution in [2.24, 2.45) is 0 Å². The molecule has 0 fully saturated rings. The first-order chi connectivity index (χ1) is 9.92. The van der Waals surface area contributed by atoms with Gasteiger partial charge in [0.2, 0.25) is 10.0 Å². The van der Waals surface area contributed by atoms with Gasteiger partial charge in [0.25, 0.3) is 0 Å². The van der Waals surface area contributed by atoms with Gasteiger partial charge in [-0.25, -0.2) is 17.5 Å². The van der Waals surface area contributed by atoms with Crippen LogP contribution in [-0.4, -0.2) is 20.1 Å². The maximum absolute atomic E-state index is 12.8. The third kappa shape index (κ3) is 3.90. The van der Waals surface area contributed by atoms with Gasteiger partial charge in [-0.15, -0.1) is 0 Å². The number of nitrogens with one attached hydrogen (secondary N) is 1. The maximum atomic E-state index is 12.8. The molecule has 5 nitrogen and oxygen atoms in total. The van der Waals surface area contributed by atoms with E-state index in [2.05, 4.69) is 4.72 Å². The Morgan fingerprint density at radius 1 is 1.29 bits per heavy atom. The van der Waals surface area contributed by atoms with Crippen LogP contribution in [0, 0.1) is 12.7 Å². The Balaban J connectivity index is 2.01. The standard InChI is InChI=1S/C14H16FNO4S/c1-10-14(8-13(9-17)20-10)21(18,19)16-7-6-11-2-4-12(15)5-3-11/h2-5,8,16-17H,6-7,9H2,1H3. The van der Waals surface area contributed by atoms with Crippen molar-refractivity contribution in [3.8, 4) is 0 Å². The largest absolute Gasteiger partial charge is 0.462 e. The summed E-state index contributed by atoms with van der Waals surface area (Å²) in [6.07, 6.45) is 0.448. The quantitative estimate of drug-likeness (QED) is 0.851. The zero-order valence-electron chi connectivity index (χ0n) is 11.5. The van der Waals surface area contributed by atoms with Crippen LogP contribution in [0.3, 0.4) is 0 Å². The number of sulfonamides is 1. The number of hydrogen-bond donors (Lipinski definition) is 2. The number of hydrogen-bond acceptors (Lipinski definition) is 4. The number of aryl methyl sites for hydroxylation is 1. The van der Waals surface area contributed by atoms with Crippen molar-refractivity contribution >= 4 is 10.0 Å². The van der Waals surface area contributed by atoms with Crippen LogP contribution >= 0.6 is 0 Å². The topological polar surface area (TPSA) is 79.5 Å². The number of benzene rings is 1. The minimum absolute atomic E-state index is 0.0191. The van der Waals surface area contributed by atoms with E-state index < -0.39 is 10.0 Å². The predicted octanol–water partition coefficient (Wildman–Crippen LogP) is 1.74. The molecule has 0 spiro atoms. The summed E-state index contributed by atoms with van der Waals surface area (Å²) in [4.78, 5) is 0.0191. The molecule has 7 heteroatoms. The van der Waals surface area contributed by atoms with Gasteiger partial charge in [0.1, 0.15) is 28.8 Å². The Labute approximate surface area is 122 Å². The average Bonchev–Trinajstić information content (AvgIpc) is 2.83. The van der Waals surface area contributed by atoms with Gasteiger partial charge in [-0.2, -0.15) is 0 Å². The molecule has 0 atom stereocenters. The van der Waals surface area contributed by atoms with Crippen LogP contribution in [-0.2, 0) is 23.1 Å². The van der Waals surface area contributed by atoms with Crippen molar-refractivity contribution in [1.82, 2.24) is 4.72 Å². The fraction of sp³-hybridized carbons (Fsp3) is 0.286. The molecule has 1 aromatic carbocycles. The van der Waals surface area contributed by atoms with Crippen LogP contribution < -0.4 is 4.72 Å². The zero-order valence-corrected chi connectivity index (χ0v) is 12.3. The van der Waals surface area contributed by atoms with Crippen LogP contribution in [0.1, 0.15) is 17.1 Å². The normalized spacial score (nSPS) is 11.8. The second kappa shape index (κ2) is 6.38. The van der Waals surface area contributed by atoms with Crippen LogP contribution in [0.25, 0.3) is 0 Å². The SMILES string of the molecule is Cc1oc(CO)cc1S(=O)(=O)NCCc1ccc(F)cc1. The van der Waals surface area contributed by atoms with Gasteiger partial charge in [-0.3, -0.25) is 0 Å². The highest BCUT2D eigenvalue weighted by atomic mass is 32.2. The van der Waals surface area contributed by atoms with Crippen molar-refractivity contribution in [2.45, 2.75) is 24.8 Å². The minimum atomic E-state index is -3.69. The zero-order chi connectivity index (χ0) is 15.5. The highest BCUT2D eigenvalue weighted by Crippen LogP contribution is 2.19. The van der Waals surface area contributed by atoms with Crippen LogP contribution in [0.2, 0.25) is 0 Å². The summed E-state index contributed by atoms with van der Waals surface area (Å²) in [6, 6.07) is 7.18. The highest BCUT2D eigenvalue weighted by Gasteiger charge is 2.20. The summed E-state index contributed by atoms with van der Waals surface area (Å²) in [5, 5.41) is 8.95. The van der Waals surface area contributed by atoms with Crippen molar-refractivity contribution in [2.75, 3.05) is 6.54 Å². The van der Waals surface area contributed by atoms with Crippen LogP contribution in [0.4, 0.5) is 4.39 Å². The molecule has 2 N–H and O–H groups in total. The van der Waals surface area contributed by atoms with Gasteiger partial charge in [0.15, 0.2) is 0 Å². The van der Waals surface area contributed by atoms with Gasteiger partial charge in [-0.05, 0) is 31.0 Å². The summed E-state index contributed by atoms with van der Waals surface area (Å²) in [5.41, 5.74) is 0.832. The van der Waals surface area contributed by atoms with E-state index in [1.165, 1.54) is 25.1 Å². The number of aliphatic hydroxyl groups excluding tert-OH is 1. The molecule has 0 saturated carbocycles. The molecule has 2 rings (SSSR count). The van der Waals surface area contributed by atoms with E-state index in [0.29, 0.717) is 6.42 Å². The predicted molar refractivity (Wildman–Crippen MR) is 74.7 cm³/mol. The fourth-order valence-electron chi connectivity index (χ4n) is 1.93. The number of furan rings is 1. The smallest absolute Gasteiger partial charge is 0.244 e. The number of aliphatic hydroxyl groups is 1. The Morgan fingerprint density at radius 2 is 1.95 bits per heavy atom. The molecule has 0 unspecified atom stereocenters. The third-order valence-corrected chi connectivity index (χ3v) is 4.56. The maximum Gasteiger partial charge on any atom is 0.244 e. The minimum Gasteiger partial charge on any atom is -0.462 e. The molecule has 0 aliphatic heterocycles. The second-order valence-electron chi connectivity index (χ2n) is 4.57. The monoisotopic (exact) mass is 313 g/mol. The van der Waals surface area contributed by atoms with Gasteiger partial charge in [0, 0.05) is 12.6 Å². The van der Waals surface area contributed by atoms with Crippen LogP contribution in [0.5, 0.6) is 0 Å². The molecule has 0 aliphatic rings. The number of halogens is 1. The molecular formula is C14H16FNO4S. The molecule has 0 bridgehead atoms. The van der Waals surface area contributed by atoms with E-state index in [0.717, 1.165) is 5.56 Å². The molecular weight excluding hydrogens is 297 g/mol. The van der Waals surface area contributed by atoms with Crippen LogP contribution in [0.15, 0.2) is 39.6 Å². The van der Waals surface area contributed by atoms with E-state index in [4.69, 9.17) is 9.52 Å². The summed E-state index contributed by atoms with van der Waals surface area (Å²) in [5.74, 6) is 0.102. The third-order valence-electron chi connectivity index (χ3n) is 2.99. The first-order valence-corrected chi connectivity index (χ1v) is 7.85. The average molecular weight is 313 g/mol. The Morgan fingerprint density at radius 3 is 2.52 bits per heavy atom. The molecule has 1 aromatic heterocycles. The molecule has 0 amide bonds. The van der Waals surface area contributed by atoms with E-state index in [1.54, 1.807) is 12.1 Å². The lowest BCUT2D eigenvalue weighted by Gasteiger charge is -2.05. The van der Waals surface area contributed by atoms with Crippen molar-refractivity contribution in [3.63, 3.8) is 0 Å². The van der Waals surface area contributed by atoms with E-state index in [1.807, 2.05) is 0 Å². The van der Waals surface area contributed by atoms with E-state index in [9.17, 15) is 12.8 Å². The van der Waals surface area contributed by atoms with Gasteiger partial charge in [-0.1, -0.05) is 12.1 Å². The summed E-state index contributed by atoms with van der Waals surface area (Å²) < 4.78 is 44.6. The molecule has 0 saturated heterocycles. The first kappa shape index (κ1) is 15.7. The summed E-state index contributed by atoms with van der Waals surface area (Å²) in [7, 11) is -3.69. The van der Waals surface area contributed by atoms with Crippen molar-refractivity contribution in [1.29, 1.82) is 0 Å². The Bertz CT molecular complexity index is 707. The van der Waals surface area contributed by atoms with Gasteiger partial charge < -0.3 is 9.52 Å². The lowest BCUT2D eigenvalue weighted by molar-refractivity contribution is 0.244. The lowest BCUT2D eigenvalue weighted by Crippen LogP contribution is -2.26. The molecule has 0 radical (unpaired) electrons. The second-order valence-corrected chi connectivity index (χ2v) is 6.30. The summed E-state index contributed by atoms with van der Waals surface area (Å²) >= 11 is 0. The molecule has 1 heterocycles. The van der Waals surface area contributed by atoms with E-state index in [-0.39, 0.29) is 35.4 Å². The Hall–Kier alpha value is -1.70. The molecule has 21 heavy (non-hydrogen) atoms. The van der Waals surface area contributed by atoms with Crippen molar-refractivity contribution < 1.29 is 22.3 Å². The van der Waals surface area contributed by atoms with E-state index >= 15 is 0 Å². The summed E-state index contributed by atoms with van der Waals surface area (Å²) in [6.45, 7) is 1.35. The Kier molecular flexibility index (Phi) is 4.76. The lowest BCUT2D eigenvalue weighted by atomic mass is 10.1. The molecule has 0 aliphatic carbocycles. The molecule has 2 aromatic rings. The first-order valence-electron chi connectivity index (χ1n) is 6.36. The fourth-order valence-corrected chi connectivity index (χ4v) is 3.16. The molecule has 114 valence electrons. The van der Waals surface area contributed by atoms with Crippen molar-refractivity contribution in [3.05, 3.63) is 53.2 Å². The van der Waals surface area contributed by atoms with Gasteiger partial charge in [0.05, 0.1) is 0 Å². The van der Waals surface area contributed by atoms with Gasteiger partial charge >= 0.3 is 0 Å². The number of rotatable bonds is 6.